The number of ether oxygens (including phenoxy) is 1. The molecule has 0 aliphatic carbocycles. The predicted octanol–water partition coefficient (Wildman–Crippen LogP) is 1.43. The summed E-state index contributed by atoms with van der Waals surface area (Å²) in [6.45, 7) is 3.88. The van der Waals surface area contributed by atoms with Crippen LogP contribution in [0, 0.1) is 0 Å². The Kier molecular flexibility index (Phi) is 7.08. The van der Waals surface area contributed by atoms with Crippen LogP contribution in [0.5, 0.6) is 5.75 Å². The zero-order valence-corrected chi connectivity index (χ0v) is 16.8. The average molecular weight is 422 g/mol. The summed E-state index contributed by atoms with van der Waals surface area (Å²) >= 11 is 6.13. The number of nitrogens with one attached hydrogen (secondary N) is 1. The van der Waals surface area contributed by atoms with Crippen molar-refractivity contribution in [2.75, 3.05) is 56.6 Å². The Labute approximate surface area is 173 Å². The third-order valence-electron chi connectivity index (χ3n) is 4.69. The summed E-state index contributed by atoms with van der Waals surface area (Å²) in [5, 5.41) is 22.8. The number of hydrogen-bond donors (Lipinski definition) is 3. The summed E-state index contributed by atoms with van der Waals surface area (Å²) in [5.74, 6) is -0.150. The molecule has 1 aliphatic rings. The molecule has 0 bridgehead atoms. The molecule has 1 fully saturated rings. The van der Waals surface area contributed by atoms with Gasteiger partial charge in [0.15, 0.2) is 5.69 Å². The number of hydrogen-bond acceptors (Lipinski definition) is 8. The van der Waals surface area contributed by atoms with E-state index in [2.05, 4.69) is 25.1 Å². The molecule has 1 saturated heterocycles. The zero-order valence-electron chi connectivity index (χ0n) is 16.1. The van der Waals surface area contributed by atoms with Gasteiger partial charge in [-0.05, 0) is 24.3 Å². The zero-order chi connectivity index (χ0) is 20.8. The predicted molar refractivity (Wildman–Crippen MR) is 110 cm³/mol. The molecule has 1 aromatic carbocycles. The minimum absolute atomic E-state index is 0.0930. The number of anilines is 2. The number of aliphatic hydroxyl groups is 1. The molecule has 0 radical (unpaired) electrons. The van der Waals surface area contributed by atoms with Crippen LogP contribution >= 0.6 is 11.6 Å². The first-order valence-corrected chi connectivity index (χ1v) is 9.63. The maximum atomic E-state index is 10.9. The van der Waals surface area contributed by atoms with Crippen molar-refractivity contribution < 1.29 is 19.7 Å². The maximum Gasteiger partial charge on any atom is 0.354 e. The summed E-state index contributed by atoms with van der Waals surface area (Å²) < 4.78 is 5.43. The summed E-state index contributed by atoms with van der Waals surface area (Å²) in [4.78, 5) is 23.2. The quantitative estimate of drug-likeness (QED) is 0.582. The van der Waals surface area contributed by atoms with Crippen LogP contribution in [-0.4, -0.2) is 83.5 Å². The van der Waals surface area contributed by atoms with E-state index < -0.39 is 12.1 Å². The Hall–Kier alpha value is -2.62. The lowest BCUT2D eigenvalue weighted by Gasteiger charge is -2.37. The van der Waals surface area contributed by atoms with Crippen molar-refractivity contribution in [1.29, 1.82) is 0 Å². The first-order valence-electron chi connectivity index (χ1n) is 9.25. The molecule has 0 saturated carbocycles. The number of carboxylic acids is 1. The number of methoxy groups -OCH3 is 1. The highest BCUT2D eigenvalue weighted by atomic mass is 35.5. The van der Waals surface area contributed by atoms with Crippen LogP contribution in [0.4, 0.5) is 11.6 Å². The van der Waals surface area contributed by atoms with Crippen LogP contribution in [0.25, 0.3) is 0 Å². The number of rotatable bonds is 8. The number of carbonyl (C=O) groups is 1. The Morgan fingerprint density at radius 3 is 2.76 bits per heavy atom. The van der Waals surface area contributed by atoms with Gasteiger partial charge in [-0.25, -0.2) is 14.8 Å². The van der Waals surface area contributed by atoms with Gasteiger partial charge in [0.2, 0.25) is 5.95 Å². The topological polar surface area (TPSA) is 111 Å². The number of nitrogens with zero attached hydrogens (tertiary/aromatic N) is 4. The maximum absolute atomic E-state index is 10.9. The second-order valence-electron chi connectivity index (χ2n) is 6.71. The van der Waals surface area contributed by atoms with Gasteiger partial charge in [-0.15, -0.1) is 0 Å². The first-order chi connectivity index (χ1) is 14.0. The largest absolute Gasteiger partial charge is 0.495 e. The summed E-state index contributed by atoms with van der Waals surface area (Å²) in [6.07, 6.45) is 0.730. The van der Waals surface area contributed by atoms with Crippen molar-refractivity contribution in [3.05, 3.63) is 41.2 Å². The molecule has 3 rings (SSSR count). The van der Waals surface area contributed by atoms with Crippen LogP contribution in [-0.2, 0) is 0 Å². The van der Waals surface area contributed by atoms with Crippen LogP contribution in [0.2, 0.25) is 5.02 Å². The van der Waals surface area contributed by atoms with E-state index in [9.17, 15) is 9.90 Å². The second kappa shape index (κ2) is 9.73. The van der Waals surface area contributed by atoms with Gasteiger partial charge in [0.05, 0.1) is 18.9 Å². The number of β-amino-alcohol motifs (C(OH)–C–C–N with tert-alkyl or cyclic N) is 1. The lowest BCUT2D eigenvalue weighted by Crippen LogP contribution is -2.49. The van der Waals surface area contributed by atoms with Gasteiger partial charge in [0.25, 0.3) is 0 Å². The molecular weight excluding hydrogens is 398 g/mol. The molecule has 9 nitrogen and oxygen atoms in total. The second-order valence-corrected chi connectivity index (χ2v) is 7.15. The van der Waals surface area contributed by atoms with Gasteiger partial charge in [0, 0.05) is 50.5 Å². The summed E-state index contributed by atoms with van der Waals surface area (Å²) in [6, 6.07) is 6.89. The van der Waals surface area contributed by atoms with Crippen LogP contribution in [0.3, 0.4) is 0 Å². The number of aromatic nitrogens is 2. The Morgan fingerprint density at radius 2 is 2.07 bits per heavy atom. The SMILES string of the molecule is COc1ccc(Cl)cc1N1CCN(CC(O)CNc2nccc(C(=O)O)n2)CC1. The molecule has 1 unspecified atom stereocenters. The van der Waals surface area contributed by atoms with Crippen molar-refractivity contribution in [2.45, 2.75) is 6.10 Å². The van der Waals surface area contributed by atoms with Gasteiger partial charge in [-0.2, -0.15) is 0 Å². The Balaban J connectivity index is 1.47. The van der Waals surface area contributed by atoms with Crippen LogP contribution < -0.4 is 15.0 Å². The molecule has 0 amide bonds. The lowest BCUT2D eigenvalue weighted by molar-refractivity contribution is 0.0690. The molecule has 2 aromatic rings. The third kappa shape index (κ3) is 5.69. The minimum Gasteiger partial charge on any atom is -0.495 e. The molecule has 29 heavy (non-hydrogen) atoms. The van der Waals surface area contributed by atoms with E-state index in [0.717, 1.165) is 37.6 Å². The standard InChI is InChI=1S/C19H24ClN5O4/c1-29-17-3-2-13(20)10-16(17)25-8-6-24(7-9-25)12-14(26)11-22-19-21-5-4-15(23-19)18(27)28/h2-5,10,14,26H,6-9,11-12H2,1H3,(H,27,28)(H,21,22,23). The van der Waals surface area contributed by atoms with Crippen molar-refractivity contribution in [2.24, 2.45) is 0 Å². The van der Waals surface area contributed by atoms with Gasteiger partial charge in [0.1, 0.15) is 5.75 Å². The smallest absolute Gasteiger partial charge is 0.354 e. The number of benzene rings is 1. The third-order valence-corrected chi connectivity index (χ3v) is 4.93. The van der Waals surface area contributed by atoms with E-state index in [1.807, 2.05) is 12.1 Å². The van der Waals surface area contributed by atoms with Crippen LogP contribution in [0.1, 0.15) is 10.5 Å². The normalized spacial score (nSPS) is 15.8. The van der Waals surface area contributed by atoms with Gasteiger partial charge in [-0.1, -0.05) is 11.6 Å². The molecule has 1 aromatic heterocycles. The van der Waals surface area contributed by atoms with E-state index >= 15 is 0 Å². The summed E-state index contributed by atoms with van der Waals surface area (Å²) in [7, 11) is 1.64. The highest BCUT2D eigenvalue weighted by Crippen LogP contribution is 2.31. The fraction of sp³-hybridized carbons (Fsp3) is 0.421. The number of aliphatic hydroxyl groups excluding tert-OH is 1. The van der Waals surface area contributed by atoms with E-state index in [1.165, 1.54) is 12.3 Å². The van der Waals surface area contributed by atoms with Gasteiger partial charge < -0.3 is 25.2 Å². The number of aromatic carboxylic acids is 1. The van der Waals surface area contributed by atoms with Crippen molar-refractivity contribution in [3.8, 4) is 5.75 Å². The molecule has 10 heteroatoms. The fourth-order valence-corrected chi connectivity index (χ4v) is 3.38. The van der Waals surface area contributed by atoms with Crippen molar-refractivity contribution >= 4 is 29.2 Å². The van der Waals surface area contributed by atoms with Crippen molar-refractivity contribution in [3.63, 3.8) is 0 Å². The Morgan fingerprint density at radius 1 is 1.31 bits per heavy atom. The average Bonchev–Trinajstić information content (AvgIpc) is 2.73. The highest BCUT2D eigenvalue weighted by Gasteiger charge is 2.21. The molecule has 1 atom stereocenters. The highest BCUT2D eigenvalue weighted by molar-refractivity contribution is 6.30. The number of piperazine rings is 1. The van der Waals surface area contributed by atoms with Crippen LogP contribution in [0.15, 0.2) is 30.5 Å². The molecule has 156 valence electrons. The number of halogens is 1. The van der Waals surface area contributed by atoms with E-state index in [1.54, 1.807) is 13.2 Å². The molecule has 1 aliphatic heterocycles. The minimum atomic E-state index is -1.12. The Bertz CT molecular complexity index is 845. The van der Waals surface area contributed by atoms with Gasteiger partial charge in [-0.3, -0.25) is 4.90 Å². The summed E-state index contributed by atoms with van der Waals surface area (Å²) in [5.41, 5.74) is 0.877. The molecule has 2 heterocycles. The number of carboxylic acid groups (broad SMARTS) is 1. The van der Waals surface area contributed by atoms with Crippen molar-refractivity contribution in [1.82, 2.24) is 14.9 Å². The monoisotopic (exact) mass is 421 g/mol. The molecule has 3 N–H and O–H groups in total. The molecule has 0 spiro atoms. The van der Waals surface area contributed by atoms with E-state index in [0.29, 0.717) is 11.6 Å². The van der Waals surface area contributed by atoms with E-state index in [-0.39, 0.29) is 18.2 Å². The van der Waals surface area contributed by atoms with Gasteiger partial charge >= 0.3 is 5.97 Å². The lowest BCUT2D eigenvalue weighted by atomic mass is 10.2. The first kappa shape index (κ1) is 21.1. The van der Waals surface area contributed by atoms with E-state index in [4.69, 9.17) is 21.4 Å². The fourth-order valence-electron chi connectivity index (χ4n) is 3.22. The molecular formula is C19H24ClN5O4.